The molecule has 2 aromatic rings. The molecule has 1 atom stereocenters. The number of ether oxygens (including phenoxy) is 2. The highest BCUT2D eigenvalue weighted by molar-refractivity contribution is 5.95. The Morgan fingerprint density at radius 1 is 0.788 bits per heavy atom. The van der Waals surface area contributed by atoms with E-state index in [-0.39, 0.29) is 0 Å². The quantitative estimate of drug-likeness (QED) is 0.210. The molecule has 0 spiro atoms. The van der Waals surface area contributed by atoms with E-state index in [0.29, 0.717) is 12.2 Å². The number of fused-ring (bicyclic) bond motifs is 1. The molecule has 0 aliphatic heterocycles. The third kappa shape index (κ3) is 7.94. The van der Waals surface area contributed by atoms with Crippen molar-refractivity contribution in [3.63, 3.8) is 0 Å². The van der Waals surface area contributed by atoms with Crippen LogP contribution in [0.3, 0.4) is 0 Å². The fourth-order valence-electron chi connectivity index (χ4n) is 5.24. The van der Waals surface area contributed by atoms with E-state index in [1.54, 1.807) is 0 Å². The van der Waals surface area contributed by atoms with Crippen LogP contribution in [0.15, 0.2) is 30.3 Å². The Labute approximate surface area is 203 Å². The Kier molecular flexibility index (Phi) is 11.4. The molecule has 0 heterocycles. The Balaban J connectivity index is 1.89. The van der Waals surface area contributed by atoms with Crippen LogP contribution in [0.2, 0.25) is 0 Å². The predicted molar refractivity (Wildman–Crippen MR) is 143 cm³/mol. The van der Waals surface area contributed by atoms with Crippen LogP contribution in [-0.2, 0) is 6.42 Å². The van der Waals surface area contributed by atoms with E-state index in [1.807, 2.05) is 0 Å². The number of aryl methyl sites for hydroxylation is 1. The SMILES string of the molecule is CCCCCCCc1ccc(OC(CC)CCCC)c2cccc(OC3CCCCCC3)c12. The summed E-state index contributed by atoms with van der Waals surface area (Å²) in [5.41, 5.74) is 1.43. The number of unbranched alkanes of at least 4 members (excludes halogenated alkanes) is 5. The molecule has 2 heteroatoms. The standard InChI is InChI=1S/C31H48O2/c1-4-7-9-10-13-17-25-23-24-29(32-26(6-3)18-8-5-2)28-21-16-22-30(31(25)28)33-27-19-14-11-12-15-20-27/h16,21-24,26-27H,4-15,17-20H2,1-3H3. The summed E-state index contributed by atoms with van der Waals surface area (Å²) >= 11 is 0. The van der Waals surface area contributed by atoms with E-state index in [0.717, 1.165) is 30.8 Å². The Morgan fingerprint density at radius 2 is 1.55 bits per heavy atom. The third-order valence-corrected chi connectivity index (χ3v) is 7.32. The second kappa shape index (κ2) is 14.5. The molecule has 0 aromatic heterocycles. The third-order valence-electron chi connectivity index (χ3n) is 7.32. The minimum absolute atomic E-state index is 0.291. The zero-order chi connectivity index (χ0) is 23.3. The lowest BCUT2D eigenvalue weighted by Crippen LogP contribution is -2.16. The monoisotopic (exact) mass is 452 g/mol. The highest BCUT2D eigenvalue weighted by Crippen LogP contribution is 2.38. The first-order valence-corrected chi connectivity index (χ1v) is 14.1. The zero-order valence-corrected chi connectivity index (χ0v) is 21.7. The van der Waals surface area contributed by atoms with Gasteiger partial charge in [-0.2, -0.15) is 0 Å². The minimum Gasteiger partial charge on any atom is -0.490 e. The van der Waals surface area contributed by atoms with Gasteiger partial charge in [-0.05, 0) is 69.1 Å². The molecular formula is C31H48O2. The molecule has 0 saturated heterocycles. The van der Waals surface area contributed by atoms with Crippen LogP contribution in [0, 0.1) is 0 Å². The van der Waals surface area contributed by atoms with Crippen molar-refractivity contribution in [2.24, 2.45) is 0 Å². The van der Waals surface area contributed by atoms with E-state index in [1.165, 1.54) is 99.8 Å². The first kappa shape index (κ1) is 25.9. The van der Waals surface area contributed by atoms with Crippen molar-refractivity contribution in [2.75, 3.05) is 0 Å². The lowest BCUT2D eigenvalue weighted by molar-refractivity contribution is 0.183. The van der Waals surface area contributed by atoms with Gasteiger partial charge in [-0.1, -0.05) is 90.3 Å². The predicted octanol–water partition coefficient (Wildman–Crippen LogP) is 9.80. The zero-order valence-electron chi connectivity index (χ0n) is 21.7. The Hall–Kier alpha value is -1.70. The minimum atomic E-state index is 0.291. The maximum Gasteiger partial charge on any atom is 0.127 e. The van der Waals surface area contributed by atoms with Gasteiger partial charge in [0.2, 0.25) is 0 Å². The summed E-state index contributed by atoms with van der Waals surface area (Å²) in [5.74, 6) is 2.11. The van der Waals surface area contributed by atoms with Gasteiger partial charge in [-0.25, -0.2) is 0 Å². The summed E-state index contributed by atoms with van der Waals surface area (Å²) in [6.07, 6.45) is 20.6. The molecule has 0 radical (unpaired) electrons. The summed E-state index contributed by atoms with van der Waals surface area (Å²) in [6, 6.07) is 11.2. The molecule has 1 aliphatic carbocycles. The smallest absolute Gasteiger partial charge is 0.127 e. The number of benzene rings is 2. The van der Waals surface area contributed by atoms with E-state index in [9.17, 15) is 0 Å². The average Bonchev–Trinajstić information content (AvgIpc) is 3.11. The van der Waals surface area contributed by atoms with Crippen molar-refractivity contribution in [3.8, 4) is 11.5 Å². The Morgan fingerprint density at radius 3 is 2.27 bits per heavy atom. The molecule has 2 aromatic carbocycles. The van der Waals surface area contributed by atoms with Gasteiger partial charge in [-0.15, -0.1) is 0 Å². The fourth-order valence-corrected chi connectivity index (χ4v) is 5.24. The van der Waals surface area contributed by atoms with Gasteiger partial charge < -0.3 is 9.47 Å². The van der Waals surface area contributed by atoms with Gasteiger partial charge in [0.25, 0.3) is 0 Å². The van der Waals surface area contributed by atoms with Crippen molar-refractivity contribution in [3.05, 3.63) is 35.9 Å². The van der Waals surface area contributed by atoms with Crippen molar-refractivity contribution in [1.82, 2.24) is 0 Å². The van der Waals surface area contributed by atoms with Crippen molar-refractivity contribution < 1.29 is 9.47 Å². The summed E-state index contributed by atoms with van der Waals surface area (Å²) in [4.78, 5) is 0. The number of rotatable bonds is 14. The molecule has 2 nitrogen and oxygen atoms in total. The normalized spacial score (nSPS) is 16.0. The van der Waals surface area contributed by atoms with E-state index >= 15 is 0 Å². The lowest BCUT2D eigenvalue weighted by Gasteiger charge is -2.23. The molecule has 1 saturated carbocycles. The largest absolute Gasteiger partial charge is 0.490 e. The molecule has 184 valence electrons. The molecule has 33 heavy (non-hydrogen) atoms. The molecule has 0 N–H and O–H groups in total. The second-order valence-corrected chi connectivity index (χ2v) is 10.1. The molecule has 3 rings (SSSR count). The second-order valence-electron chi connectivity index (χ2n) is 10.1. The number of hydrogen-bond donors (Lipinski definition) is 0. The molecule has 1 unspecified atom stereocenters. The fraction of sp³-hybridized carbons (Fsp3) is 0.677. The molecule has 1 fully saturated rings. The molecule has 0 bridgehead atoms. The summed E-state index contributed by atoms with van der Waals surface area (Å²) in [6.45, 7) is 6.79. The van der Waals surface area contributed by atoms with E-state index < -0.39 is 0 Å². The van der Waals surface area contributed by atoms with Crippen LogP contribution in [0.1, 0.15) is 123 Å². The van der Waals surface area contributed by atoms with Crippen LogP contribution in [0.25, 0.3) is 10.8 Å². The van der Waals surface area contributed by atoms with Crippen molar-refractivity contribution in [1.29, 1.82) is 0 Å². The van der Waals surface area contributed by atoms with E-state index in [4.69, 9.17) is 9.47 Å². The van der Waals surface area contributed by atoms with E-state index in [2.05, 4.69) is 51.1 Å². The molecule has 0 amide bonds. The van der Waals surface area contributed by atoms with Gasteiger partial charge in [0.15, 0.2) is 0 Å². The van der Waals surface area contributed by atoms with Crippen LogP contribution in [0.5, 0.6) is 11.5 Å². The maximum absolute atomic E-state index is 6.73. The van der Waals surface area contributed by atoms with Crippen LogP contribution in [-0.4, -0.2) is 12.2 Å². The van der Waals surface area contributed by atoms with Gasteiger partial charge in [-0.3, -0.25) is 0 Å². The van der Waals surface area contributed by atoms with Crippen molar-refractivity contribution >= 4 is 10.8 Å². The first-order valence-electron chi connectivity index (χ1n) is 14.1. The molecular weight excluding hydrogens is 404 g/mol. The van der Waals surface area contributed by atoms with Crippen LogP contribution < -0.4 is 9.47 Å². The molecule has 1 aliphatic rings. The number of hydrogen-bond acceptors (Lipinski definition) is 2. The average molecular weight is 453 g/mol. The summed E-state index contributed by atoms with van der Waals surface area (Å²) in [5, 5.41) is 2.54. The topological polar surface area (TPSA) is 18.5 Å². The highest BCUT2D eigenvalue weighted by atomic mass is 16.5. The van der Waals surface area contributed by atoms with Crippen molar-refractivity contribution in [2.45, 2.75) is 136 Å². The lowest BCUT2D eigenvalue weighted by atomic mass is 9.97. The van der Waals surface area contributed by atoms with Gasteiger partial charge in [0.05, 0.1) is 12.2 Å². The Bertz CT molecular complexity index is 804. The maximum atomic E-state index is 6.73. The summed E-state index contributed by atoms with van der Waals surface area (Å²) < 4.78 is 13.3. The van der Waals surface area contributed by atoms with Crippen LogP contribution >= 0.6 is 0 Å². The highest BCUT2D eigenvalue weighted by Gasteiger charge is 2.19. The van der Waals surface area contributed by atoms with Gasteiger partial charge >= 0.3 is 0 Å². The summed E-state index contributed by atoms with van der Waals surface area (Å²) in [7, 11) is 0. The first-order chi connectivity index (χ1) is 16.3. The van der Waals surface area contributed by atoms with Gasteiger partial charge in [0, 0.05) is 10.8 Å². The van der Waals surface area contributed by atoms with Gasteiger partial charge in [0.1, 0.15) is 11.5 Å². The van der Waals surface area contributed by atoms with Crippen LogP contribution in [0.4, 0.5) is 0 Å².